The molecule has 0 saturated carbocycles. The molecule has 0 bridgehead atoms. The predicted molar refractivity (Wildman–Crippen MR) is 80.2 cm³/mol. The number of fused-ring (bicyclic) bond motifs is 2. The number of aromatic amines is 1. The molecule has 2 N–H and O–H groups in total. The van der Waals surface area contributed by atoms with Gasteiger partial charge >= 0.3 is 0 Å². The number of hydrogen-bond donors (Lipinski definition) is 2. The van der Waals surface area contributed by atoms with Gasteiger partial charge in [-0.15, -0.1) is 5.10 Å². The molecule has 4 rings (SSSR count). The first-order valence-corrected chi connectivity index (χ1v) is 6.66. The molecule has 0 atom stereocenters. The number of rotatable bonds is 2. The van der Waals surface area contributed by atoms with E-state index in [0.717, 1.165) is 27.2 Å². The van der Waals surface area contributed by atoms with E-state index in [-0.39, 0.29) is 18.7 Å². The molecule has 0 aliphatic carbocycles. The molecule has 6 nitrogen and oxygen atoms in total. The maximum absolute atomic E-state index is 12.5. The van der Waals surface area contributed by atoms with Crippen LogP contribution >= 0.6 is 0 Å². The fourth-order valence-corrected chi connectivity index (χ4v) is 2.78. The average Bonchev–Trinajstić information content (AvgIpc) is 2.83. The van der Waals surface area contributed by atoms with Gasteiger partial charge in [-0.05, 0) is 24.3 Å². The molecule has 0 radical (unpaired) electrons. The van der Waals surface area contributed by atoms with Crippen molar-refractivity contribution in [2.75, 3.05) is 6.61 Å². The van der Waals surface area contributed by atoms with E-state index in [2.05, 4.69) is 15.3 Å². The Hall–Kier alpha value is -2.73. The molecular weight excluding hydrogens is 268 g/mol. The molecule has 2 heterocycles. The Labute approximate surface area is 118 Å². The smallest absolute Gasteiger partial charge is 0.272 e. The standard InChI is InChI=1S/C15H12N4O2/c20-8-7-19-15(21)11-2-1-9-5-6-16-17-14(9)10-3-4-12(18-19)13(10)11/h1-6,18,20H,7-8H2. The molecule has 0 unspecified atom stereocenters. The lowest BCUT2D eigenvalue weighted by atomic mass is 10.2. The van der Waals surface area contributed by atoms with Crippen LogP contribution in [0.4, 0.5) is 0 Å². The minimum Gasteiger partial charge on any atom is -0.394 e. The number of aromatic nitrogens is 4. The highest BCUT2D eigenvalue weighted by atomic mass is 16.3. The monoisotopic (exact) mass is 280 g/mol. The molecular formula is C15H12N4O2. The molecule has 21 heavy (non-hydrogen) atoms. The van der Waals surface area contributed by atoms with Gasteiger partial charge in [0.2, 0.25) is 0 Å². The molecule has 104 valence electrons. The van der Waals surface area contributed by atoms with Crippen LogP contribution in [-0.4, -0.2) is 31.7 Å². The van der Waals surface area contributed by atoms with Crippen LogP contribution in [0.25, 0.3) is 32.6 Å². The Morgan fingerprint density at radius 1 is 1.14 bits per heavy atom. The lowest BCUT2D eigenvalue weighted by Crippen LogP contribution is -2.24. The van der Waals surface area contributed by atoms with E-state index in [1.54, 1.807) is 6.20 Å². The van der Waals surface area contributed by atoms with Crippen molar-refractivity contribution in [3.8, 4) is 0 Å². The van der Waals surface area contributed by atoms with Crippen LogP contribution in [0.3, 0.4) is 0 Å². The van der Waals surface area contributed by atoms with E-state index in [1.165, 1.54) is 4.68 Å². The van der Waals surface area contributed by atoms with E-state index in [9.17, 15) is 4.79 Å². The molecule has 0 aliphatic heterocycles. The van der Waals surface area contributed by atoms with Crippen LogP contribution in [0.5, 0.6) is 0 Å². The third-order valence-electron chi connectivity index (χ3n) is 3.72. The van der Waals surface area contributed by atoms with Gasteiger partial charge in [0.05, 0.1) is 30.3 Å². The van der Waals surface area contributed by atoms with E-state index >= 15 is 0 Å². The van der Waals surface area contributed by atoms with Crippen molar-refractivity contribution in [1.29, 1.82) is 0 Å². The number of H-pyrrole nitrogens is 1. The van der Waals surface area contributed by atoms with Crippen LogP contribution in [-0.2, 0) is 6.54 Å². The van der Waals surface area contributed by atoms with E-state index in [0.29, 0.717) is 5.39 Å². The van der Waals surface area contributed by atoms with Gasteiger partial charge in [0.25, 0.3) is 5.56 Å². The van der Waals surface area contributed by atoms with Crippen LogP contribution in [0.15, 0.2) is 41.3 Å². The predicted octanol–water partition coefficient (Wildman–Crippen LogP) is 1.42. The molecule has 0 amide bonds. The summed E-state index contributed by atoms with van der Waals surface area (Å²) < 4.78 is 1.42. The number of nitrogens with one attached hydrogen (secondary N) is 1. The third-order valence-corrected chi connectivity index (χ3v) is 3.72. The Morgan fingerprint density at radius 3 is 2.86 bits per heavy atom. The molecule has 2 aromatic heterocycles. The largest absolute Gasteiger partial charge is 0.394 e. The summed E-state index contributed by atoms with van der Waals surface area (Å²) in [5.74, 6) is 0. The summed E-state index contributed by atoms with van der Waals surface area (Å²) in [4.78, 5) is 12.5. The zero-order valence-corrected chi connectivity index (χ0v) is 11.1. The van der Waals surface area contributed by atoms with E-state index in [1.807, 2.05) is 30.3 Å². The molecule has 0 saturated heterocycles. The summed E-state index contributed by atoms with van der Waals surface area (Å²) in [6.45, 7) is 0.146. The highest BCUT2D eigenvalue weighted by Gasteiger charge is 2.12. The van der Waals surface area contributed by atoms with Crippen LogP contribution in [0.1, 0.15) is 0 Å². The summed E-state index contributed by atoms with van der Waals surface area (Å²) in [5.41, 5.74) is 1.47. The lowest BCUT2D eigenvalue weighted by Gasteiger charge is -2.05. The minimum absolute atomic E-state index is 0.0929. The van der Waals surface area contributed by atoms with Gasteiger partial charge < -0.3 is 5.11 Å². The zero-order chi connectivity index (χ0) is 14.4. The molecule has 4 aromatic rings. The minimum atomic E-state index is -0.152. The van der Waals surface area contributed by atoms with Gasteiger partial charge in [0.1, 0.15) is 5.52 Å². The van der Waals surface area contributed by atoms with Crippen molar-refractivity contribution in [2.24, 2.45) is 0 Å². The third kappa shape index (κ3) is 1.66. The van der Waals surface area contributed by atoms with Crippen molar-refractivity contribution in [3.63, 3.8) is 0 Å². The first kappa shape index (κ1) is 12.0. The second-order valence-corrected chi connectivity index (χ2v) is 4.91. The van der Waals surface area contributed by atoms with Crippen LogP contribution in [0, 0.1) is 0 Å². The Bertz CT molecular complexity index is 1030. The van der Waals surface area contributed by atoms with Gasteiger partial charge in [-0.1, -0.05) is 6.07 Å². The summed E-state index contributed by atoms with van der Waals surface area (Å²) in [6.07, 6.45) is 1.63. The fraction of sp³-hybridized carbons (Fsp3) is 0.133. The van der Waals surface area contributed by atoms with Crippen LogP contribution < -0.4 is 5.56 Å². The first-order valence-electron chi connectivity index (χ1n) is 6.66. The van der Waals surface area contributed by atoms with Crippen molar-refractivity contribution >= 4 is 32.6 Å². The maximum atomic E-state index is 12.5. The highest BCUT2D eigenvalue weighted by Crippen LogP contribution is 2.28. The summed E-state index contributed by atoms with van der Waals surface area (Å²) >= 11 is 0. The number of aliphatic hydroxyl groups excluding tert-OH is 1. The maximum Gasteiger partial charge on any atom is 0.272 e. The van der Waals surface area contributed by atoms with Gasteiger partial charge in [-0.2, -0.15) is 5.10 Å². The van der Waals surface area contributed by atoms with Gasteiger partial charge in [0.15, 0.2) is 0 Å². The second kappa shape index (κ2) is 4.39. The van der Waals surface area contributed by atoms with Crippen molar-refractivity contribution in [3.05, 3.63) is 46.9 Å². The topological polar surface area (TPSA) is 83.8 Å². The first-order chi connectivity index (χ1) is 10.3. The normalized spacial score (nSPS) is 11.7. The van der Waals surface area contributed by atoms with Crippen molar-refractivity contribution < 1.29 is 5.11 Å². The summed E-state index contributed by atoms with van der Waals surface area (Å²) in [5, 5.41) is 23.6. The zero-order valence-electron chi connectivity index (χ0n) is 11.1. The van der Waals surface area contributed by atoms with Crippen molar-refractivity contribution in [2.45, 2.75) is 6.54 Å². The van der Waals surface area contributed by atoms with Gasteiger partial charge in [-0.25, -0.2) is 4.68 Å². The molecule has 0 fully saturated rings. The Morgan fingerprint density at radius 2 is 2.00 bits per heavy atom. The average molecular weight is 280 g/mol. The SMILES string of the molecule is O=c1c2ccc3ccnnc3c3ccc([nH]n1CCO)c23. The Balaban J connectivity index is 2.29. The summed E-state index contributed by atoms with van der Waals surface area (Å²) in [7, 11) is 0. The van der Waals surface area contributed by atoms with Crippen LogP contribution in [0.2, 0.25) is 0 Å². The number of hydrogen-bond acceptors (Lipinski definition) is 4. The molecule has 2 aromatic carbocycles. The highest BCUT2D eigenvalue weighted by molar-refractivity contribution is 6.17. The molecule has 0 aliphatic rings. The lowest BCUT2D eigenvalue weighted by molar-refractivity contribution is 0.267. The fourth-order valence-electron chi connectivity index (χ4n) is 2.78. The van der Waals surface area contributed by atoms with Crippen molar-refractivity contribution in [1.82, 2.24) is 20.0 Å². The quantitative estimate of drug-likeness (QED) is 0.581. The Kier molecular flexibility index (Phi) is 2.52. The van der Waals surface area contributed by atoms with E-state index in [4.69, 9.17) is 5.11 Å². The number of nitrogens with zero attached hydrogens (tertiary/aromatic N) is 3. The van der Waals surface area contributed by atoms with E-state index < -0.39 is 0 Å². The summed E-state index contributed by atoms with van der Waals surface area (Å²) in [6, 6.07) is 9.42. The van der Waals surface area contributed by atoms with Gasteiger partial charge in [-0.3, -0.25) is 9.89 Å². The molecule has 0 spiro atoms. The number of aliphatic hydroxyl groups is 1. The van der Waals surface area contributed by atoms with Gasteiger partial charge in [0, 0.05) is 16.2 Å². The molecule has 6 heteroatoms. The second-order valence-electron chi connectivity index (χ2n) is 4.91.